The molecule has 3 rings (SSSR count). The summed E-state index contributed by atoms with van der Waals surface area (Å²) in [6.45, 7) is 5.44. The molecule has 0 saturated carbocycles. The Morgan fingerprint density at radius 1 is 1.03 bits per heavy atom. The van der Waals surface area contributed by atoms with Crippen LogP contribution in [0.3, 0.4) is 0 Å². The highest BCUT2D eigenvalue weighted by Crippen LogP contribution is 2.27. The van der Waals surface area contributed by atoms with Crippen LogP contribution in [0, 0.1) is 13.8 Å². The highest BCUT2D eigenvalue weighted by Gasteiger charge is 2.15. The van der Waals surface area contributed by atoms with Gasteiger partial charge in [-0.15, -0.1) is 11.8 Å². The molecule has 0 fully saturated rings. The highest BCUT2D eigenvalue weighted by molar-refractivity contribution is 8.00. The van der Waals surface area contributed by atoms with E-state index < -0.39 is 0 Å². The van der Waals surface area contributed by atoms with Crippen LogP contribution in [0.5, 0.6) is 0 Å². The normalized spacial score (nSPS) is 11.1. The van der Waals surface area contributed by atoms with Crippen molar-refractivity contribution in [2.45, 2.75) is 31.8 Å². The number of rotatable bonds is 8. The number of aryl methyl sites for hydroxylation is 1. The second kappa shape index (κ2) is 9.76. The van der Waals surface area contributed by atoms with E-state index in [2.05, 4.69) is 27.4 Å². The standard InChI is InChI=1S/C23H28N4OS/c1-17-23(18(2)27(25-17)21-12-6-5-7-13-21)29-16-22(28)24-14-19-10-8-9-11-20(19)15-26(3)4/h5-13H,14-16H2,1-4H3,(H,24,28). The number of hydrogen-bond donors (Lipinski definition) is 1. The number of amides is 1. The van der Waals surface area contributed by atoms with Gasteiger partial charge < -0.3 is 10.2 Å². The molecule has 0 aliphatic rings. The molecule has 6 heteroatoms. The Balaban J connectivity index is 1.60. The van der Waals surface area contributed by atoms with Crippen LogP contribution in [0.4, 0.5) is 0 Å². The molecule has 5 nitrogen and oxygen atoms in total. The number of benzene rings is 2. The topological polar surface area (TPSA) is 50.2 Å². The first-order chi connectivity index (χ1) is 14.0. The lowest BCUT2D eigenvalue weighted by Crippen LogP contribution is -2.25. The summed E-state index contributed by atoms with van der Waals surface area (Å²) in [6.07, 6.45) is 0. The van der Waals surface area contributed by atoms with E-state index in [1.54, 1.807) is 11.8 Å². The van der Waals surface area contributed by atoms with Crippen LogP contribution in [-0.2, 0) is 17.9 Å². The molecule has 2 aromatic carbocycles. The Hall–Kier alpha value is -2.57. The van der Waals surface area contributed by atoms with Crippen molar-refractivity contribution in [3.8, 4) is 5.69 Å². The largest absolute Gasteiger partial charge is 0.351 e. The average Bonchev–Trinajstić information content (AvgIpc) is 2.99. The Morgan fingerprint density at radius 3 is 2.38 bits per heavy atom. The third-order valence-electron chi connectivity index (χ3n) is 4.65. The van der Waals surface area contributed by atoms with Gasteiger partial charge in [-0.2, -0.15) is 5.10 Å². The fourth-order valence-corrected chi connectivity index (χ4v) is 4.19. The lowest BCUT2D eigenvalue weighted by Gasteiger charge is -2.14. The third-order valence-corrected chi connectivity index (χ3v) is 5.94. The van der Waals surface area contributed by atoms with Gasteiger partial charge in [0.15, 0.2) is 0 Å². The molecular weight excluding hydrogens is 380 g/mol. The summed E-state index contributed by atoms with van der Waals surface area (Å²) < 4.78 is 1.94. The summed E-state index contributed by atoms with van der Waals surface area (Å²) in [4.78, 5) is 15.7. The van der Waals surface area contributed by atoms with Crippen LogP contribution in [0.25, 0.3) is 5.69 Å². The molecule has 1 heterocycles. The Labute approximate surface area is 177 Å². The molecule has 0 spiro atoms. The number of nitrogens with zero attached hydrogens (tertiary/aromatic N) is 3. The van der Waals surface area contributed by atoms with Gasteiger partial charge in [-0.3, -0.25) is 4.79 Å². The van der Waals surface area contributed by atoms with E-state index >= 15 is 0 Å². The molecule has 0 saturated heterocycles. The zero-order valence-electron chi connectivity index (χ0n) is 17.5. The Morgan fingerprint density at radius 2 is 1.69 bits per heavy atom. The Bertz CT molecular complexity index is 966. The summed E-state index contributed by atoms with van der Waals surface area (Å²) in [5.74, 6) is 0.402. The van der Waals surface area contributed by atoms with E-state index in [1.807, 2.05) is 75.1 Å². The van der Waals surface area contributed by atoms with Crippen LogP contribution >= 0.6 is 11.8 Å². The molecule has 0 radical (unpaired) electrons. The fraction of sp³-hybridized carbons (Fsp3) is 0.304. The minimum Gasteiger partial charge on any atom is -0.351 e. The minimum atomic E-state index is 0.0286. The SMILES string of the molecule is Cc1nn(-c2ccccc2)c(C)c1SCC(=O)NCc1ccccc1CN(C)C. The zero-order valence-corrected chi connectivity index (χ0v) is 18.3. The van der Waals surface area contributed by atoms with Crippen molar-refractivity contribution in [3.63, 3.8) is 0 Å². The van der Waals surface area contributed by atoms with Crippen molar-refractivity contribution < 1.29 is 4.79 Å². The lowest BCUT2D eigenvalue weighted by molar-refractivity contribution is -0.118. The van der Waals surface area contributed by atoms with Gasteiger partial charge in [-0.25, -0.2) is 4.68 Å². The number of para-hydroxylation sites is 1. The number of carbonyl (C=O) groups excluding carboxylic acids is 1. The predicted octanol–water partition coefficient (Wildman–Crippen LogP) is 3.96. The summed E-state index contributed by atoms with van der Waals surface area (Å²) in [6, 6.07) is 18.3. The predicted molar refractivity (Wildman–Crippen MR) is 119 cm³/mol. The molecule has 0 atom stereocenters. The van der Waals surface area contributed by atoms with Gasteiger partial charge in [-0.1, -0.05) is 42.5 Å². The van der Waals surface area contributed by atoms with Crippen molar-refractivity contribution in [1.82, 2.24) is 20.0 Å². The van der Waals surface area contributed by atoms with Gasteiger partial charge in [0, 0.05) is 13.1 Å². The summed E-state index contributed by atoms with van der Waals surface area (Å²) in [5.41, 5.74) is 5.43. The molecule has 1 N–H and O–H groups in total. The van der Waals surface area contributed by atoms with Gasteiger partial charge in [0.25, 0.3) is 0 Å². The van der Waals surface area contributed by atoms with E-state index in [1.165, 1.54) is 5.56 Å². The molecule has 3 aromatic rings. The van der Waals surface area contributed by atoms with Crippen molar-refractivity contribution in [1.29, 1.82) is 0 Å². The molecule has 1 aromatic heterocycles. The molecule has 29 heavy (non-hydrogen) atoms. The smallest absolute Gasteiger partial charge is 0.230 e. The number of hydrogen-bond acceptors (Lipinski definition) is 4. The first-order valence-electron chi connectivity index (χ1n) is 9.68. The van der Waals surface area contributed by atoms with Gasteiger partial charge >= 0.3 is 0 Å². The van der Waals surface area contributed by atoms with Crippen LogP contribution in [0.1, 0.15) is 22.5 Å². The quantitative estimate of drug-likeness (QED) is 0.573. The summed E-state index contributed by atoms with van der Waals surface area (Å²) in [7, 11) is 4.10. The average molecular weight is 409 g/mol. The van der Waals surface area contributed by atoms with Gasteiger partial charge in [0.05, 0.1) is 27.7 Å². The Kier molecular flexibility index (Phi) is 7.12. The van der Waals surface area contributed by atoms with Crippen LogP contribution in [0.15, 0.2) is 59.5 Å². The van der Waals surface area contributed by atoms with E-state index in [4.69, 9.17) is 0 Å². The maximum absolute atomic E-state index is 12.5. The second-order valence-electron chi connectivity index (χ2n) is 7.32. The van der Waals surface area contributed by atoms with E-state index in [-0.39, 0.29) is 5.91 Å². The van der Waals surface area contributed by atoms with Crippen molar-refractivity contribution >= 4 is 17.7 Å². The third kappa shape index (κ3) is 5.49. The molecule has 0 aliphatic carbocycles. The van der Waals surface area contributed by atoms with E-state index in [0.29, 0.717) is 12.3 Å². The van der Waals surface area contributed by atoms with Gasteiger partial charge in [0.1, 0.15) is 0 Å². The highest BCUT2D eigenvalue weighted by atomic mass is 32.2. The zero-order chi connectivity index (χ0) is 20.8. The van der Waals surface area contributed by atoms with Crippen molar-refractivity contribution in [3.05, 3.63) is 77.1 Å². The number of aromatic nitrogens is 2. The number of carbonyl (C=O) groups is 1. The van der Waals surface area contributed by atoms with Crippen molar-refractivity contribution in [2.24, 2.45) is 0 Å². The van der Waals surface area contributed by atoms with Crippen molar-refractivity contribution in [2.75, 3.05) is 19.8 Å². The number of thioether (sulfide) groups is 1. The van der Waals surface area contributed by atoms with Crippen LogP contribution in [-0.4, -0.2) is 40.4 Å². The molecule has 0 aliphatic heterocycles. The molecule has 0 bridgehead atoms. The minimum absolute atomic E-state index is 0.0286. The molecule has 0 unspecified atom stereocenters. The monoisotopic (exact) mass is 408 g/mol. The first-order valence-corrected chi connectivity index (χ1v) is 10.7. The van der Waals surface area contributed by atoms with Crippen LogP contribution < -0.4 is 5.32 Å². The summed E-state index contributed by atoms with van der Waals surface area (Å²) in [5, 5.41) is 7.71. The van der Waals surface area contributed by atoms with E-state index in [9.17, 15) is 4.79 Å². The van der Waals surface area contributed by atoms with Gasteiger partial charge in [0.2, 0.25) is 5.91 Å². The molecular formula is C23H28N4OS. The first kappa shape index (κ1) is 21.1. The number of nitrogens with one attached hydrogen (secondary N) is 1. The van der Waals surface area contributed by atoms with Crippen LogP contribution in [0.2, 0.25) is 0 Å². The fourth-order valence-electron chi connectivity index (χ4n) is 3.27. The van der Waals surface area contributed by atoms with E-state index in [0.717, 1.165) is 34.1 Å². The molecule has 152 valence electrons. The van der Waals surface area contributed by atoms with Gasteiger partial charge in [-0.05, 0) is 51.2 Å². The second-order valence-corrected chi connectivity index (χ2v) is 8.30. The maximum Gasteiger partial charge on any atom is 0.230 e. The molecule has 1 amide bonds. The summed E-state index contributed by atoms with van der Waals surface area (Å²) >= 11 is 1.54. The lowest BCUT2D eigenvalue weighted by atomic mass is 10.1. The maximum atomic E-state index is 12.5.